The average Bonchev–Trinajstić information content (AvgIpc) is 2.37. The number of aryl methyl sites for hydroxylation is 1. The summed E-state index contributed by atoms with van der Waals surface area (Å²) in [5.74, 6) is -0.356. The van der Waals surface area contributed by atoms with Gasteiger partial charge in [-0.1, -0.05) is 6.07 Å². The number of alkyl halides is 3. The van der Waals surface area contributed by atoms with Crippen molar-refractivity contribution in [3.8, 4) is 17.0 Å². The molecule has 0 aliphatic heterocycles. The predicted molar refractivity (Wildman–Crippen MR) is 70.9 cm³/mol. The highest BCUT2D eigenvalue weighted by atomic mass is 19.4. The number of hydrogen-bond donors (Lipinski definition) is 2. The molecule has 0 aliphatic carbocycles. The molecule has 1 aromatic carbocycles. The van der Waals surface area contributed by atoms with Crippen molar-refractivity contribution >= 4 is 12.6 Å². The van der Waals surface area contributed by atoms with Gasteiger partial charge in [-0.3, -0.25) is 4.98 Å². The Balaban J connectivity index is 2.37. The van der Waals surface area contributed by atoms with Gasteiger partial charge in [0.05, 0.1) is 5.69 Å². The van der Waals surface area contributed by atoms with Crippen molar-refractivity contribution in [3.05, 3.63) is 42.1 Å². The summed E-state index contributed by atoms with van der Waals surface area (Å²) in [6, 6.07) is 8.13. The zero-order valence-corrected chi connectivity index (χ0v) is 10.9. The molecule has 8 heteroatoms. The molecule has 0 fully saturated rings. The second-order valence-electron chi connectivity index (χ2n) is 4.34. The molecule has 2 N–H and O–H groups in total. The molecule has 0 spiro atoms. The van der Waals surface area contributed by atoms with Crippen molar-refractivity contribution < 1.29 is 28.0 Å². The minimum atomic E-state index is -4.75. The summed E-state index contributed by atoms with van der Waals surface area (Å²) in [5, 5.41) is 18.6. The van der Waals surface area contributed by atoms with Crippen LogP contribution < -0.4 is 10.2 Å². The van der Waals surface area contributed by atoms with E-state index in [0.717, 1.165) is 12.1 Å². The first-order valence-electron chi connectivity index (χ1n) is 5.96. The van der Waals surface area contributed by atoms with E-state index in [-0.39, 0.29) is 11.2 Å². The number of halogens is 3. The summed E-state index contributed by atoms with van der Waals surface area (Å²) in [4.78, 5) is 4.19. The lowest BCUT2D eigenvalue weighted by Gasteiger charge is -2.11. The SMILES string of the molecule is Cc1ccc(B(O)O)c(-c2ccc(OC(F)(F)F)cc2)n1. The minimum Gasteiger partial charge on any atom is -0.423 e. The maximum Gasteiger partial charge on any atom is 0.573 e. The Bertz CT molecular complexity index is 630. The Morgan fingerprint density at radius 1 is 1.05 bits per heavy atom. The smallest absolute Gasteiger partial charge is 0.423 e. The summed E-state index contributed by atoms with van der Waals surface area (Å²) >= 11 is 0. The van der Waals surface area contributed by atoms with Gasteiger partial charge in [-0.25, -0.2) is 0 Å². The molecule has 0 amide bonds. The Labute approximate surface area is 119 Å². The first kappa shape index (κ1) is 15.3. The quantitative estimate of drug-likeness (QED) is 0.845. The molecule has 0 aliphatic rings. The van der Waals surface area contributed by atoms with Crippen LogP contribution in [0.15, 0.2) is 36.4 Å². The van der Waals surface area contributed by atoms with E-state index in [0.29, 0.717) is 17.0 Å². The highest BCUT2D eigenvalue weighted by molar-refractivity contribution is 6.60. The van der Waals surface area contributed by atoms with E-state index in [1.807, 2.05) is 0 Å². The number of nitrogens with zero attached hydrogens (tertiary/aromatic N) is 1. The number of benzene rings is 1. The Morgan fingerprint density at radius 3 is 2.19 bits per heavy atom. The fourth-order valence-electron chi connectivity index (χ4n) is 1.82. The number of pyridine rings is 1. The zero-order chi connectivity index (χ0) is 15.6. The van der Waals surface area contributed by atoms with Crippen LogP contribution in [-0.2, 0) is 0 Å². The van der Waals surface area contributed by atoms with Gasteiger partial charge in [0.2, 0.25) is 0 Å². The molecule has 0 saturated carbocycles. The Hall–Kier alpha value is -2.06. The van der Waals surface area contributed by atoms with Crippen LogP contribution in [0.2, 0.25) is 0 Å². The highest BCUT2D eigenvalue weighted by Gasteiger charge is 2.31. The normalized spacial score (nSPS) is 11.3. The molecule has 0 unspecified atom stereocenters. The van der Waals surface area contributed by atoms with Gasteiger partial charge in [0.25, 0.3) is 0 Å². The van der Waals surface area contributed by atoms with Crippen molar-refractivity contribution in [1.29, 1.82) is 0 Å². The van der Waals surface area contributed by atoms with E-state index in [2.05, 4.69) is 9.72 Å². The number of ether oxygens (including phenoxy) is 1. The third-order valence-electron chi connectivity index (χ3n) is 2.71. The molecular formula is C13H11BF3NO3. The third kappa shape index (κ3) is 3.96. The molecule has 0 radical (unpaired) electrons. The number of rotatable bonds is 3. The molecule has 21 heavy (non-hydrogen) atoms. The van der Waals surface area contributed by atoms with Crippen LogP contribution in [0, 0.1) is 6.92 Å². The molecule has 4 nitrogen and oxygen atoms in total. The van der Waals surface area contributed by atoms with Crippen molar-refractivity contribution in [2.24, 2.45) is 0 Å². The Morgan fingerprint density at radius 2 is 1.67 bits per heavy atom. The van der Waals surface area contributed by atoms with E-state index in [4.69, 9.17) is 0 Å². The topological polar surface area (TPSA) is 62.6 Å². The second kappa shape index (κ2) is 5.75. The van der Waals surface area contributed by atoms with Gasteiger partial charge in [-0.2, -0.15) is 0 Å². The standard InChI is InChI=1S/C13H11BF3NO3/c1-8-2-7-11(14(19)20)12(18-8)9-3-5-10(6-4-9)21-13(15,16)17/h2-7,19-20H,1H3. The first-order valence-corrected chi connectivity index (χ1v) is 5.96. The van der Waals surface area contributed by atoms with Crippen LogP contribution in [0.3, 0.4) is 0 Å². The fraction of sp³-hybridized carbons (Fsp3) is 0.154. The lowest BCUT2D eigenvalue weighted by molar-refractivity contribution is -0.274. The van der Waals surface area contributed by atoms with E-state index in [1.165, 1.54) is 18.2 Å². The van der Waals surface area contributed by atoms with Crippen LogP contribution in [0.5, 0.6) is 5.75 Å². The van der Waals surface area contributed by atoms with Gasteiger partial charge in [-0.05, 0) is 37.3 Å². The summed E-state index contributed by atoms with van der Waals surface area (Å²) in [6.45, 7) is 1.72. The zero-order valence-electron chi connectivity index (χ0n) is 10.9. The van der Waals surface area contributed by atoms with Crippen LogP contribution in [0.1, 0.15) is 5.69 Å². The van der Waals surface area contributed by atoms with Gasteiger partial charge in [-0.15, -0.1) is 13.2 Å². The first-order chi connectivity index (χ1) is 9.76. The molecular weight excluding hydrogens is 286 g/mol. The van der Waals surface area contributed by atoms with E-state index >= 15 is 0 Å². The highest BCUT2D eigenvalue weighted by Crippen LogP contribution is 2.25. The number of aromatic nitrogens is 1. The second-order valence-corrected chi connectivity index (χ2v) is 4.34. The molecule has 1 heterocycles. The van der Waals surface area contributed by atoms with Gasteiger partial charge in [0, 0.05) is 16.7 Å². The van der Waals surface area contributed by atoms with Crippen LogP contribution in [0.4, 0.5) is 13.2 Å². The van der Waals surface area contributed by atoms with Gasteiger partial charge < -0.3 is 14.8 Å². The van der Waals surface area contributed by atoms with Crippen LogP contribution >= 0.6 is 0 Å². The molecule has 1 aromatic heterocycles. The monoisotopic (exact) mass is 297 g/mol. The summed E-state index contributed by atoms with van der Waals surface area (Å²) in [7, 11) is -1.72. The summed E-state index contributed by atoms with van der Waals surface area (Å²) in [5.41, 5.74) is 1.56. The molecule has 0 saturated heterocycles. The summed E-state index contributed by atoms with van der Waals surface area (Å²) in [6.07, 6.45) is -4.75. The van der Waals surface area contributed by atoms with Gasteiger partial charge in [0.1, 0.15) is 5.75 Å². The molecule has 110 valence electrons. The number of hydrogen-bond acceptors (Lipinski definition) is 4. The van der Waals surface area contributed by atoms with Gasteiger partial charge >= 0.3 is 13.5 Å². The molecule has 0 atom stereocenters. The van der Waals surface area contributed by atoms with E-state index < -0.39 is 13.5 Å². The maximum absolute atomic E-state index is 12.1. The van der Waals surface area contributed by atoms with E-state index in [1.54, 1.807) is 13.0 Å². The minimum absolute atomic E-state index is 0.171. The Kier molecular flexibility index (Phi) is 4.20. The van der Waals surface area contributed by atoms with Crippen molar-refractivity contribution in [2.45, 2.75) is 13.3 Å². The molecule has 2 aromatic rings. The summed E-state index contributed by atoms with van der Waals surface area (Å²) < 4.78 is 40.0. The van der Waals surface area contributed by atoms with Crippen molar-refractivity contribution in [1.82, 2.24) is 4.98 Å². The largest absolute Gasteiger partial charge is 0.573 e. The maximum atomic E-state index is 12.1. The van der Waals surface area contributed by atoms with Gasteiger partial charge in [0.15, 0.2) is 0 Å². The predicted octanol–water partition coefficient (Wildman–Crippen LogP) is 1.64. The molecule has 0 bridgehead atoms. The third-order valence-corrected chi connectivity index (χ3v) is 2.71. The van der Waals surface area contributed by atoms with Crippen LogP contribution in [0.25, 0.3) is 11.3 Å². The van der Waals surface area contributed by atoms with Crippen molar-refractivity contribution in [2.75, 3.05) is 0 Å². The average molecular weight is 297 g/mol. The van der Waals surface area contributed by atoms with Crippen molar-refractivity contribution in [3.63, 3.8) is 0 Å². The lowest BCUT2D eigenvalue weighted by Crippen LogP contribution is -2.32. The van der Waals surface area contributed by atoms with Crippen LogP contribution in [-0.4, -0.2) is 28.5 Å². The fourth-order valence-corrected chi connectivity index (χ4v) is 1.82. The molecule has 2 rings (SSSR count). The van der Waals surface area contributed by atoms with E-state index in [9.17, 15) is 23.2 Å². The lowest BCUT2D eigenvalue weighted by atomic mass is 9.77.